The monoisotopic (exact) mass is 501 g/mol. The molecule has 0 saturated carbocycles. The standard InChI is InChI=1S/C23H23F6NO2.C3H6/c1-32-21(31)13-16-10-11-30(14-15-2-6-18(7-3-15)22(24,25)26)20(12-16)17-4-8-19(9-5-17)23(27,28)29;1-3-2/h2-9,16,20H,10-14H2,1H3;3H,1H2,2H3. The quantitative estimate of drug-likeness (QED) is 0.242. The Bertz CT molecular complexity index is 952. The molecule has 0 N–H and O–H groups in total. The SMILES string of the molecule is C=CC.COC(=O)CC1CCN(Cc2ccc(C(F)(F)F)cc2)C(c2ccc(C(F)(F)F)cc2)C1. The van der Waals surface area contributed by atoms with Crippen molar-refractivity contribution in [2.45, 2.75) is 51.1 Å². The maximum absolute atomic E-state index is 12.9. The van der Waals surface area contributed by atoms with Gasteiger partial charge in [-0.1, -0.05) is 30.3 Å². The molecule has 0 aliphatic carbocycles. The minimum Gasteiger partial charge on any atom is -0.469 e. The van der Waals surface area contributed by atoms with Gasteiger partial charge in [-0.05, 0) is 67.6 Å². The number of rotatable bonds is 5. The average Bonchev–Trinajstić information content (AvgIpc) is 2.80. The molecule has 0 aromatic heterocycles. The lowest BCUT2D eigenvalue weighted by molar-refractivity contribution is -0.142. The summed E-state index contributed by atoms with van der Waals surface area (Å²) >= 11 is 0. The maximum Gasteiger partial charge on any atom is 0.416 e. The van der Waals surface area contributed by atoms with Gasteiger partial charge in [0.1, 0.15) is 0 Å². The van der Waals surface area contributed by atoms with E-state index in [0.717, 1.165) is 24.3 Å². The summed E-state index contributed by atoms with van der Waals surface area (Å²) in [4.78, 5) is 13.7. The van der Waals surface area contributed by atoms with Crippen LogP contribution in [0.3, 0.4) is 0 Å². The summed E-state index contributed by atoms with van der Waals surface area (Å²) < 4.78 is 82.1. The van der Waals surface area contributed by atoms with E-state index in [1.165, 1.54) is 31.4 Å². The molecule has 3 nitrogen and oxygen atoms in total. The molecule has 35 heavy (non-hydrogen) atoms. The number of benzene rings is 2. The predicted molar refractivity (Wildman–Crippen MR) is 121 cm³/mol. The molecule has 1 fully saturated rings. The van der Waals surface area contributed by atoms with Crippen molar-refractivity contribution >= 4 is 5.97 Å². The van der Waals surface area contributed by atoms with Crippen molar-refractivity contribution in [2.75, 3.05) is 13.7 Å². The van der Waals surface area contributed by atoms with Gasteiger partial charge >= 0.3 is 18.3 Å². The first-order valence-electron chi connectivity index (χ1n) is 11.1. The van der Waals surface area contributed by atoms with Gasteiger partial charge in [-0.15, -0.1) is 6.58 Å². The Morgan fingerprint density at radius 3 is 1.94 bits per heavy atom. The van der Waals surface area contributed by atoms with Crippen LogP contribution in [0.4, 0.5) is 26.3 Å². The second kappa shape index (κ2) is 12.2. The van der Waals surface area contributed by atoms with E-state index in [4.69, 9.17) is 4.74 Å². The molecule has 1 saturated heterocycles. The summed E-state index contributed by atoms with van der Waals surface area (Å²) in [5.74, 6) is -0.351. The molecule has 9 heteroatoms. The van der Waals surface area contributed by atoms with Crippen molar-refractivity contribution in [2.24, 2.45) is 5.92 Å². The first kappa shape index (κ1) is 28.4. The summed E-state index contributed by atoms with van der Waals surface area (Å²) in [7, 11) is 1.30. The molecule has 1 aliphatic heterocycles. The number of likely N-dealkylation sites (tertiary alicyclic amines) is 1. The number of halogens is 6. The zero-order valence-corrected chi connectivity index (χ0v) is 19.6. The lowest BCUT2D eigenvalue weighted by Gasteiger charge is -2.40. The average molecular weight is 502 g/mol. The predicted octanol–water partition coefficient (Wildman–Crippen LogP) is 7.43. The van der Waals surface area contributed by atoms with E-state index in [2.05, 4.69) is 6.58 Å². The highest BCUT2D eigenvalue weighted by Crippen LogP contribution is 2.38. The van der Waals surface area contributed by atoms with Gasteiger partial charge in [0.05, 0.1) is 18.2 Å². The third-order valence-corrected chi connectivity index (χ3v) is 5.79. The molecule has 192 valence electrons. The van der Waals surface area contributed by atoms with Crippen LogP contribution in [-0.2, 0) is 28.4 Å². The molecule has 0 bridgehead atoms. The van der Waals surface area contributed by atoms with E-state index in [1.54, 1.807) is 6.08 Å². The van der Waals surface area contributed by atoms with Crippen molar-refractivity contribution in [3.63, 3.8) is 0 Å². The summed E-state index contributed by atoms with van der Waals surface area (Å²) in [5, 5.41) is 0. The molecule has 0 radical (unpaired) electrons. The summed E-state index contributed by atoms with van der Waals surface area (Å²) in [6.45, 7) is 6.14. The molecule has 2 unspecified atom stereocenters. The summed E-state index contributed by atoms with van der Waals surface area (Å²) in [6.07, 6.45) is -5.71. The van der Waals surface area contributed by atoms with E-state index in [-0.39, 0.29) is 24.3 Å². The molecule has 1 heterocycles. The number of alkyl halides is 6. The highest BCUT2D eigenvalue weighted by Gasteiger charge is 2.34. The minimum absolute atomic E-state index is 0.00130. The molecule has 1 aliphatic rings. The number of methoxy groups -OCH3 is 1. The van der Waals surface area contributed by atoms with Crippen LogP contribution in [-0.4, -0.2) is 24.5 Å². The number of ether oxygens (including phenoxy) is 1. The fourth-order valence-corrected chi connectivity index (χ4v) is 4.06. The lowest BCUT2D eigenvalue weighted by Crippen LogP contribution is -2.37. The second-order valence-corrected chi connectivity index (χ2v) is 8.38. The number of esters is 1. The van der Waals surface area contributed by atoms with Crippen molar-refractivity contribution in [1.82, 2.24) is 4.90 Å². The number of nitrogens with zero attached hydrogens (tertiary/aromatic N) is 1. The second-order valence-electron chi connectivity index (χ2n) is 8.38. The number of piperidine rings is 1. The Morgan fingerprint density at radius 2 is 1.49 bits per heavy atom. The van der Waals surface area contributed by atoms with Gasteiger partial charge < -0.3 is 4.74 Å². The van der Waals surface area contributed by atoms with Gasteiger partial charge in [0, 0.05) is 19.0 Å². The van der Waals surface area contributed by atoms with Crippen molar-refractivity contribution < 1.29 is 35.9 Å². The molecule has 2 aromatic carbocycles. The molecular formula is C26H29F6NO2. The number of hydrogen-bond donors (Lipinski definition) is 0. The third kappa shape index (κ3) is 8.42. The third-order valence-electron chi connectivity index (χ3n) is 5.79. The maximum atomic E-state index is 12.9. The van der Waals surface area contributed by atoms with E-state index >= 15 is 0 Å². The zero-order valence-electron chi connectivity index (χ0n) is 19.6. The van der Waals surface area contributed by atoms with Gasteiger partial charge in [-0.2, -0.15) is 26.3 Å². The number of carbonyl (C=O) groups is 1. The van der Waals surface area contributed by atoms with Gasteiger partial charge in [0.2, 0.25) is 0 Å². The topological polar surface area (TPSA) is 29.5 Å². The first-order chi connectivity index (χ1) is 16.4. The van der Waals surface area contributed by atoms with Gasteiger partial charge in [0.25, 0.3) is 0 Å². The summed E-state index contributed by atoms with van der Waals surface area (Å²) in [5.41, 5.74) is -0.157. The van der Waals surface area contributed by atoms with Crippen LogP contribution in [0.25, 0.3) is 0 Å². The Kier molecular flexibility index (Phi) is 9.94. The molecule has 0 spiro atoms. The van der Waals surface area contributed by atoms with E-state index in [9.17, 15) is 31.1 Å². The highest BCUT2D eigenvalue weighted by atomic mass is 19.4. The van der Waals surface area contributed by atoms with Crippen LogP contribution < -0.4 is 0 Å². The summed E-state index contributed by atoms with van der Waals surface area (Å²) in [6, 6.07) is 9.48. The number of hydrogen-bond acceptors (Lipinski definition) is 3. The van der Waals surface area contributed by atoms with Crippen molar-refractivity contribution in [1.29, 1.82) is 0 Å². The Balaban J connectivity index is 0.00000137. The number of allylic oxidation sites excluding steroid dienone is 1. The fourth-order valence-electron chi connectivity index (χ4n) is 4.06. The van der Waals surface area contributed by atoms with Crippen LogP contribution in [0, 0.1) is 5.92 Å². The highest BCUT2D eigenvalue weighted by molar-refractivity contribution is 5.69. The normalized spacial score (nSPS) is 18.9. The van der Waals surface area contributed by atoms with E-state index < -0.39 is 23.5 Å². The van der Waals surface area contributed by atoms with Crippen LogP contribution >= 0.6 is 0 Å². The Labute approximate surface area is 201 Å². The van der Waals surface area contributed by atoms with Crippen molar-refractivity contribution in [3.8, 4) is 0 Å². The van der Waals surface area contributed by atoms with Crippen LogP contribution in [0.1, 0.15) is 54.5 Å². The van der Waals surface area contributed by atoms with E-state index in [0.29, 0.717) is 37.1 Å². The minimum atomic E-state index is -4.45. The van der Waals surface area contributed by atoms with Crippen molar-refractivity contribution in [3.05, 3.63) is 83.4 Å². The van der Waals surface area contributed by atoms with Gasteiger partial charge in [-0.25, -0.2) is 0 Å². The van der Waals surface area contributed by atoms with Gasteiger partial charge in [-0.3, -0.25) is 9.69 Å². The van der Waals surface area contributed by atoms with Gasteiger partial charge in [0.15, 0.2) is 0 Å². The van der Waals surface area contributed by atoms with E-state index in [1.807, 2.05) is 11.8 Å². The molecule has 0 amide bonds. The Morgan fingerprint density at radius 1 is 1.00 bits per heavy atom. The number of carbonyl (C=O) groups excluding carboxylic acids is 1. The largest absolute Gasteiger partial charge is 0.469 e. The molecule has 2 atom stereocenters. The molecule has 2 aromatic rings. The fraction of sp³-hybridized carbons (Fsp3) is 0.423. The molecular weight excluding hydrogens is 472 g/mol. The van der Waals surface area contributed by atoms with Crippen LogP contribution in [0.5, 0.6) is 0 Å². The smallest absolute Gasteiger partial charge is 0.416 e. The van der Waals surface area contributed by atoms with Crippen LogP contribution in [0.2, 0.25) is 0 Å². The first-order valence-corrected chi connectivity index (χ1v) is 11.1. The van der Waals surface area contributed by atoms with Crippen LogP contribution in [0.15, 0.2) is 61.2 Å². The molecule has 3 rings (SSSR count). The Hall–Kier alpha value is -2.81. The lowest BCUT2D eigenvalue weighted by atomic mass is 9.84. The zero-order chi connectivity index (χ0) is 26.2.